The van der Waals surface area contributed by atoms with E-state index in [9.17, 15) is 14.4 Å². The van der Waals surface area contributed by atoms with Gasteiger partial charge in [-0.3, -0.25) is 14.3 Å². The molecule has 32 heavy (non-hydrogen) atoms. The fourth-order valence-electron chi connectivity index (χ4n) is 2.80. The van der Waals surface area contributed by atoms with E-state index in [-0.39, 0.29) is 11.8 Å². The van der Waals surface area contributed by atoms with Crippen molar-refractivity contribution in [3.8, 4) is 5.75 Å². The van der Waals surface area contributed by atoms with E-state index in [0.717, 1.165) is 0 Å². The Hall–Kier alpha value is -4.24. The Bertz CT molecular complexity index is 1250. The summed E-state index contributed by atoms with van der Waals surface area (Å²) in [6, 6.07) is 16.4. The number of ether oxygens (including phenoxy) is 1. The molecule has 2 heterocycles. The SMILES string of the molecule is Cn1cc(C(=O)Nc2ccc(OC(=O)c3ccc(NC(=O)c4cccs4)cc3)cc2)cn1. The first kappa shape index (κ1) is 21.0. The van der Waals surface area contributed by atoms with Gasteiger partial charge in [0.25, 0.3) is 11.8 Å². The first-order chi connectivity index (χ1) is 15.5. The van der Waals surface area contributed by atoms with Crippen LogP contribution in [0, 0.1) is 0 Å². The van der Waals surface area contributed by atoms with E-state index in [0.29, 0.717) is 33.1 Å². The maximum absolute atomic E-state index is 12.4. The lowest BCUT2D eigenvalue weighted by molar-refractivity contribution is 0.0734. The van der Waals surface area contributed by atoms with Crippen molar-refractivity contribution in [1.82, 2.24) is 9.78 Å². The molecule has 0 bridgehead atoms. The standard InChI is InChI=1S/C23H18N4O4S/c1-27-14-16(13-24-27)21(28)25-18-8-10-19(11-9-18)31-23(30)15-4-6-17(7-5-15)26-22(29)20-3-2-12-32-20/h2-14H,1H3,(H,25,28)(H,26,29). The predicted octanol–water partition coefficient (Wildman–Crippen LogP) is 4.21. The number of esters is 1. The summed E-state index contributed by atoms with van der Waals surface area (Å²) in [6.07, 6.45) is 3.09. The van der Waals surface area contributed by atoms with Crippen LogP contribution in [0.25, 0.3) is 0 Å². The molecule has 0 spiro atoms. The largest absolute Gasteiger partial charge is 0.423 e. The topological polar surface area (TPSA) is 102 Å². The fourth-order valence-corrected chi connectivity index (χ4v) is 3.42. The molecule has 0 saturated carbocycles. The van der Waals surface area contributed by atoms with Gasteiger partial charge in [0.1, 0.15) is 5.75 Å². The zero-order chi connectivity index (χ0) is 22.5. The molecule has 8 nitrogen and oxygen atoms in total. The first-order valence-electron chi connectivity index (χ1n) is 9.55. The number of aryl methyl sites for hydroxylation is 1. The van der Waals surface area contributed by atoms with Gasteiger partial charge in [-0.25, -0.2) is 4.79 Å². The molecule has 0 atom stereocenters. The lowest BCUT2D eigenvalue weighted by Gasteiger charge is -2.08. The molecule has 0 saturated heterocycles. The number of nitrogens with one attached hydrogen (secondary N) is 2. The minimum Gasteiger partial charge on any atom is -0.423 e. The number of benzene rings is 2. The second kappa shape index (κ2) is 9.27. The molecular weight excluding hydrogens is 428 g/mol. The van der Waals surface area contributed by atoms with Crippen molar-refractivity contribution < 1.29 is 19.1 Å². The molecule has 160 valence electrons. The number of anilines is 2. The number of amides is 2. The van der Waals surface area contributed by atoms with Crippen molar-refractivity contribution in [2.24, 2.45) is 7.05 Å². The summed E-state index contributed by atoms with van der Waals surface area (Å²) in [4.78, 5) is 37.3. The minimum absolute atomic E-state index is 0.203. The van der Waals surface area contributed by atoms with Crippen LogP contribution in [0.3, 0.4) is 0 Å². The number of thiophene rings is 1. The maximum atomic E-state index is 12.4. The molecule has 0 aliphatic heterocycles. The van der Waals surface area contributed by atoms with Gasteiger partial charge < -0.3 is 15.4 Å². The molecule has 0 unspecified atom stereocenters. The van der Waals surface area contributed by atoms with Gasteiger partial charge in [-0.05, 0) is 60.0 Å². The molecule has 2 N–H and O–H groups in total. The van der Waals surface area contributed by atoms with Crippen LogP contribution in [0.5, 0.6) is 5.75 Å². The second-order valence-corrected chi connectivity index (χ2v) is 7.73. The fraction of sp³-hybridized carbons (Fsp3) is 0.0435. The summed E-state index contributed by atoms with van der Waals surface area (Å²) in [5, 5.41) is 11.3. The summed E-state index contributed by atoms with van der Waals surface area (Å²) in [5.41, 5.74) is 1.92. The van der Waals surface area contributed by atoms with E-state index in [1.807, 2.05) is 5.38 Å². The van der Waals surface area contributed by atoms with E-state index >= 15 is 0 Å². The number of nitrogens with zero attached hydrogens (tertiary/aromatic N) is 2. The van der Waals surface area contributed by atoms with Crippen LogP contribution >= 0.6 is 11.3 Å². The number of hydrogen-bond acceptors (Lipinski definition) is 6. The smallest absolute Gasteiger partial charge is 0.343 e. The van der Waals surface area contributed by atoms with Crippen LogP contribution in [0.2, 0.25) is 0 Å². The Morgan fingerprint density at radius 3 is 2.12 bits per heavy atom. The molecule has 2 aromatic carbocycles. The third kappa shape index (κ3) is 5.08. The summed E-state index contributed by atoms with van der Waals surface area (Å²) in [6.45, 7) is 0. The number of hydrogen-bond donors (Lipinski definition) is 2. The number of aromatic nitrogens is 2. The average molecular weight is 446 g/mol. The van der Waals surface area contributed by atoms with Crippen LogP contribution in [-0.2, 0) is 7.05 Å². The van der Waals surface area contributed by atoms with Crippen LogP contribution < -0.4 is 15.4 Å². The lowest BCUT2D eigenvalue weighted by Crippen LogP contribution is -2.12. The van der Waals surface area contributed by atoms with Gasteiger partial charge in [-0.1, -0.05) is 6.07 Å². The molecule has 0 radical (unpaired) electrons. The molecule has 2 aromatic heterocycles. The highest BCUT2D eigenvalue weighted by Gasteiger charge is 2.12. The number of carbonyl (C=O) groups excluding carboxylic acids is 3. The van der Waals surface area contributed by atoms with Crippen LogP contribution in [0.15, 0.2) is 78.4 Å². The van der Waals surface area contributed by atoms with Crippen molar-refractivity contribution in [3.63, 3.8) is 0 Å². The number of rotatable bonds is 6. The summed E-state index contributed by atoms with van der Waals surface area (Å²) in [5.74, 6) is -0.683. The minimum atomic E-state index is -0.534. The Balaban J connectivity index is 1.33. The molecule has 0 aliphatic rings. The lowest BCUT2D eigenvalue weighted by atomic mass is 10.2. The Morgan fingerprint density at radius 2 is 1.53 bits per heavy atom. The van der Waals surface area contributed by atoms with E-state index in [4.69, 9.17) is 4.74 Å². The Morgan fingerprint density at radius 1 is 0.875 bits per heavy atom. The van der Waals surface area contributed by atoms with Crippen molar-refractivity contribution in [1.29, 1.82) is 0 Å². The highest BCUT2D eigenvalue weighted by molar-refractivity contribution is 7.12. The zero-order valence-corrected chi connectivity index (χ0v) is 17.8. The van der Waals surface area contributed by atoms with Crippen molar-refractivity contribution in [3.05, 3.63) is 94.4 Å². The third-order valence-electron chi connectivity index (χ3n) is 4.41. The molecule has 0 fully saturated rings. The van der Waals surface area contributed by atoms with Gasteiger partial charge in [0.2, 0.25) is 0 Å². The van der Waals surface area contributed by atoms with Gasteiger partial charge in [-0.15, -0.1) is 11.3 Å². The Kier molecular flexibility index (Phi) is 6.09. The van der Waals surface area contributed by atoms with E-state index in [1.54, 1.807) is 78.6 Å². The quantitative estimate of drug-likeness (QED) is 0.341. The highest BCUT2D eigenvalue weighted by Crippen LogP contribution is 2.19. The van der Waals surface area contributed by atoms with Crippen molar-refractivity contribution in [2.75, 3.05) is 10.6 Å². The highest BCUT2D eigenvalue weighted by atomic mass is 32.1. The van der Waals surface area contributed by atoms with Crippen molar-refractivity contribution in [2.45, 2.75) is 0 Å². The molecule has 4 rings (SSSR count). The summed E-state index contributed by atoms with van der Waals surface area (Å²) >= 11 is 1.35. The first-order valence-corrected chi connectivity index (χ1v) is 10.4. The Labute approximate surface area is 187 Å². The second-order valence-electron chi connectivity index (χ2n) is 6.78. The summed E-state index contributed by atoms with van der Waals surface area (Å²) in [7, 11) is 1.73. The van der Waals surface area contributed by atoms with Gasteiger partial charge in [0.05, 0.1) is 22.2 Å². The number of carbonyl (C=O) groups is 3. The third-order valence-corrected chi connectivity index (χ3v) is 5.28. The molecular formula is C23H18N4O4S. The van der Waals surface area contributed by atoms with Gasteiger partial charge in [-0.2, -0.15) is 5.10 Å². The molecule has 9 heteroatoms. The van der Waals surface area contributed by atoms with Crippen LogP contribution in [0.4, 0.5) is 11.4 Å². The van der Waals surface area contributed by atoms with E-state index < -0.39 is 5.97 Å². The van der Waals surface area contributed by atoms with E-state index in [1.165, 1.54) is 17.5 Å². The van der Waals surface area contributed by atoms with Crippen LogP contribution in [0.1, 0.15) is 30.4 Å². The zero-order valence-electron chi connectivity index (χ0n) is 16.9. The summed E-state index contributed by atoms with van der Waals surface area (Å²) < 4.78 is 6.92. The average Bonchev–Trinajstić information content (AvgIpc) is 3.48. The van der Waals surface area contributed by atoms with Gasteiger partial charge >= 0.3 is 5.97 Å². The maximum Gasteiger partial charge on any atom is 0.343 e. The normalized spacial score (nSPS) is 10.4. The van der Waals surface area contributed by atoms with Crippen molar-refractivity contribution >= 4 is 40.5 Å². The monoisotopic (exact) mass is 446 g/mol. The molecule has 2 amide bonds. The molecule has 0 aliphatic carbocycles. The van der Waals surface area contributed by atoms with E-state index in [2.05, 4.69) is 15.7 Å². The van der Waals surface area contributed by atoms with Crippen LogP contribution in [-0.4, -0.2) is 27.6 Å². The van der Waals surface area contributed by atoms with Gasteiger partial charge in [0, 0.05) is 24.6 Å². The molecule has 4 aromatic rings. The van der Waals surface area contributed by atoms with Gasteiger partial charge in [0.15, 0.2) is 0 Å². The predicted molar refractivity (Wildman–Crippen MR) is 121 cm³/mol.